The molecule has 1 fully saturated rings. The second-order valence-electron chi connectivity index (χ2n) is 6.97. The molecule has 0 spiro atoms. The molecule has 0 radical (unpaired) electrons. The highest BCUT2D eigenvalue weighted by Gasteiger charge is 2.14. The quantitative estimate of drug-likeness (QED) is 0.682. The number of benzene rings is 1. The van der Waals surface area contributed by atoms with E-state index in [1.54, 1.807) is 0 Å². The van der Waals surface area contributed by atoms with E-state index in [1.165, 1.54) is 56.9 Å². The molecule has 1 aliphatic carbocycles. The van der Waals surface area contributed by atoms with Crippen molar-refractivity contribution in [3.63, 3.8) is 0 Å². The van der Waals surface area contributed by atoms with Crippen LogP contribution >= 0.6 is 0 Å². The predicted molar refractivity (Wildman–Crippen MR) is 91.2 cm³/mol. The summed E-state index contributed by atoms with van der Waals surface area (Å²) in [5, 5.41) is 8.72. The van der Waals surface area contributed by atoms with E-state index < -0.39 is 5.97 Å². The zero-order valence-corrected chi connectivity index (χ0v) is 13.9. The molecule has 122 valence electrons. The predicted octanol–water partition coefficient (Wildman–Crippen LogP) is 5.56. The van der Waals surface area contributed by atoms with Crippen molar-refractivity contribution in [1.82, 2.24) is 0 Å². The van der Waals surface area contributed by atoms with E-state index in [4.69, 9.17) is 5.11 Å². The fourth-order valence-electron chi connectivity index (χ4n) is 3.62. The molecule has 0 bridgehead atoms. The van der Waals surface area contributed by atoms with E-state index >= 15 is 0 Å². The Balaban J connectivity index is 1.72. The van der Waals surface area contributed by atoms with Crippen LogP contribution in [0.25, 0.3) is 0 Å². The highest BCUT2D eigenvalue weighted by Crippen LogP contribution is 2.30. The first kappa shape index (κ1) is 17.1. The van der Waals surface area contributed by atoms with Crippen LogP contribution in [0, 0.1) is 5.92 Å². The third kappa shape index (κ3) is 5.82. The number of aryl methyl sites for hydroxylation is 1. The molecule has 1 N–H and O–H groups in total. The first-order valence-electron chi connectivity index (χ1n) is 8.96. The molecule has 1 aromatic carbocycles. The van der Waals surface area contributed by atoms with Crippen LogP contribution in [0.5, 0.6) is 0 Å². The Morgan fingerprint density at radius 3 is 2.50 bits per heavy atom. The zero-order chi connectivity index (χ0) is 15.8. The molecule has 0 aliphatic heterocycles. The smallest absolute Gasteiger partial charge is 0.303 e. The molecule has 1 atom stereocenters. The Morgan fingerprint density at radius 2 is 1.86 bits per heavy atom. The largest absolute Gasteiger partial charge is 0.481 e. The summed E-state index contributed by atoms with van der Waals surface area (Å²) in [7, 11) is 0. The van der Waals surface area contributed by atoms with Crippen LogP contribution in [0.2, 0.25) is 0 Å². The maximum Gasteiger partial charge on any atom is 0.303 e. The Morgan fingerprint density at radius 1 is 1.18 bits per heavy atom. The van der Waals surface area contributed by atoms with Crippen molar-refractivity contribution < 1.29 is 9.90 Å². The lowest BCUT2D eigenvalue weighted by Crippen LogP contribution is -2.06. The first-order chi connectivity index (χ1) is 10.6. The number of aliphatic carboxylic acids is 1. The molecule has 2 heteroatoms. The van der Waals surface area contributed by atoms with Gasteiger partial charge in [0.15, 0.2) is 0 Å². The van der Waals surface area contributed by atoms with Gasteiger partial charge in [0.2, 0.25) is 0 Å². The van der Waals surface area contributed by atoms with E-state index in [0.29, 0.717) is 12.3 Å². The molecule has 1 saturated carbocycles. The van der Waals surface area contributed by atoms with Crippen LogP contribution in [0.3, 0.4) is 0 Å². The Kier molecular flexibility index (Phi) is 6.95. The Labute approximate surface area is 134 Å². The number of rotatable bonds is 8. The summed E-state index contributed by atoms with van der Waals surface area (Å²) >= 11 is 0. The second-order valence-corrected chi connectivity index (χ2v) is 6.97. The maximum absolute atomic E-state index is 10.6. The van der Waals surface area contributed by atoms with E-state index in [1.807, 2.05) is 0 Å². The summed E-state index contributed by atoms with van der Waals surface area (Å²) < 4.78 is 0. The Hall–Kier alpha value is -1.31. The SMILES string of the molecule is CC(CCCC1CCCCC1)c1ccc(CCC(=O)O)cc1. The minimum absolute atomic E-state index is 0.219. The molecule has 1 aliphatic rings. The van der Waals surface area contributed by atoms with Crippen molar-refractivity contribution in [3.8, 4) is 0 Å². The van der Waals surface area contributed by atoms with Gasteiger partial charge in [0.1, 0.15) is 0 Å². The summed E-state index contributed by atoms with van der Waals surface area (Å²) in [5.41, 5.74) is 2.52. The molecule has 1 aromatic rings. The van der Waals surface area contributed by atoms with E-state index in [-0.39, 0.29) is 6.42 Å². The van der Waals surface area contributed by atoms with Gasteiger partial charge in [-0.2, -0.15) is 0 Å². The van der Waals surface area contributed by atoms with Crippen LogP contribution < -0.4 is 0 Å². The van der Waals surface area contributed by atoms with Crippen molar-refractivity contribution in [3.05, 3.63) is 35.4 Å². The van der Waals surface area contributed by atoms with Crippen LogP contribution in [0.15, 0.2) is 24.3 Å². The summed E-state index contributed by atoms with van der Waals surface area (Å²) in [6.07, 6.45) is 12.1. The van der Waals surface area contributed by atoms with E-state index in [9.17, 15) is 4.79 Å². The van der Waals surface area contributed by atoms with Gasteiger partial charge in [0.25, 0.3) is 0 Å². The molecule has 1 unspecified atom stereocenters. The molecule has 22 heavy (non-hydrogen) atoms. The third-order valence-electron chi connectivity index (χ3n) is 5.15. The van der Waals surface area contributed by atoms with Gasteiger partial charge in [-0.15, -0.1) is 0 Å². The van der Waals surface area contributed by atoms with Gasteiger partial charge < -0.3 is 5.11 Å². The highest BCUT2D eigenvalue weighted by atomic mass is 16.4. The van der Waals surface area contributed by atoms with Gasteiger partial charge in [-0.05, 0) is 35.8 Å². The number of carbonyl (C=O) groups is 1. The average molecular weight is 302 g/mol. The number of hydrogen-bond donors (Lipinski definition) is 1. The van der Waals surface area contributed by atoms with Gasteiger partial charge in [-0.3, -0.25) is 4.79 Å². The monoisotopic (exact) mass is 302 g/mol. The van der Waals surface area contributed by atoms with Crippen molar-refractivity contribution in [2.75, 3.05) is 0 Å². The molecular weight excluding hydrogens is 272 g/mol. The Bertz CT molecular complexity index is 443. The van der Waals surface area contributed by atoms with Gasteiger partial charge in [-0.1, -0.05) is 76.1 Å². The molecule has 0 saturated heterocycles. The van der Waals surface area contributed by atoms with Gasteiger partial charge in [0, 0.05) is 6.42 Å². The van der Waals surface area contributed by atoms with E-state index in [0.717, 1.165) is 11.5 Å². The van der Waals surface area contributed by atoms with Gasteiger partial charge in [0.05, 0.1) is 0 Å². The molecule has 0 heterocycles. The molecule has 0 aromatic heterocycles. The third-order valence-corrected chi connectivity index (χ3v) is 5.15. The first-order valence-corrected chi connectivity index (χ1v) is 8.96. The van der Waals surface area contributed by atoms with Gasteiger partial charge >= 0.3 is 5.97 Å². The maximum atomic E-state index is 10.6. The van der Waals surface area contributed by atoms with Crippen LogP contribution in [-0.2, 0) is 11.2 Å². The average Bonchev–Trinajstić information content (AvgIpc) is 2.54. The fourth-order valence-corrected chi connectivity index (χ4v) is 3.62. The topological polar surface area (TPSA) is 37.3 Å². The van der Waals surface area contributed by atoms with Crippen LogP contribution in [0.1, 0.15) is 81.8 Å². The highest BCUT2D eigenvalue weighted by molar-refractivity contribution is 5.67. The lowest BCUT2D eigenvalue weighted by molar-refractivity contribution is -0.136. The molecule has 2 rings (SSSR count). The summed E-state index contributed by atoms with van der Waals surface area (Å²) in [5.74, 6) is 0.872. The minimum Gasteiger partial charge on any atom is -0.481 e. The van der Waals surface area contributed by atoms with Crippen molar-refractivity contribution >= 4 is 5.97 Å². The lowest BCUT2D eigenvalue weighted by atomic mass is 9.84. The number of carboxylic acid groups (broad SMARTS) is 1. The van der Waals surface area contributed by atoms with Crippen LogP contribution in [-0.4, -0.2) is 11.1 Å². The fraction of sp³-hybridized carbons (Fsp3) is 0.650. The van der Waals surface area contributed by atoms with Crippen molar-refractivity contribution in [2.24, 2.45) is 5.92 Å². The summed E-state index contributed by atoms with van der Waals surface area (Å²) in [4.78, 5) is 10.6. The van der Waals surface area contributed by atoms with Crippen molar-refractivity contribution in [2.45, 2.75) is 77.0 Å². The lowest BCUT2D eigenvalue weighted by Gasteiger charge is -2.22. The second kappa shape index (κ2) is 8.97. The number of carboxylic acids is 1. The molecule has 2 nitrogen and oxygen atoms in total. The number of hydrogen-bond acceptors (Lipinski definition) is 1. The molecular formula is C20H30O2. The standard InChI is InChI=1S/C20H30O2/c1-16(6-5-9-17-7-3-2-4-8-17)19-13-10-18(11-14-19)12-15-20(21)22/h10-11,13-14,16-17H,2-9,12,15H2,1H3,(H,21,22). The summed E-state index contributed by atoms with van der Waals surface area (Å²) in [6, 6.07) is 8.55. The van der Waals surface area contributed by atoms with Crippen LogP contribution in [0.4, 0.5) is 0 Å². The minimum atomic E-state index is -0.722. The van der Waals surface area contributed by atoms with Gasteiger partial charge in [-0.25, -0.2) is 0 Å². The van der Waals surface area contributed by atoms with E-state index in [2.05, 4.69) is 31.2 Å². The van der Waals surface area contributed by atoms with Crippen molar-refractivity contribution in [1.29, 1.82) is 0 Å². The molecule has 0 amide bonds. The zero-order valence-electron chi connectivity index (χ0n) is 13.9. The normalized spacial score (nSPS) is 17.3. The summed E-state index contributed by atoms with van der Waals surface area (Å²) in [6.45, 7) is 2.31.